The Balaban J connectivity index is 0.000000638. The third kappa shape index (κ3) is 17.3. The maximum Gasteiger partial charge on any atom is 4.00 e. The Morgan fingerprint density at radius 2 is 1.14 bits per heavy atom. The molecule has 0 saturated carbocycles. The van der Waals surface area contributed by atoms with Crippen LogP contribution < -0.4 is 0 Å². The van der Waals surface area contributed by atoms with Crippen molar-refractivity contribution in [1.29, 1.82) is 0 Å². The molecule has 0 bridgehead atoms. The van der Waals surface area contributed by atoms with Gasteiger partial charge >= 0.3 is 26.2 Å². The van der Waals surface area contributed by atoms with Gasteiger partial charge in [-0.3, -0.25) is 23.9 Å². The normalized spacial score (nSPS) is 9.02. The molecule has 0 aliphatic heterocycles. The largest absolute Gasteiger partial charge is 4.00 e. The number of unbranched alkanes of at least 4 members (excludes halogenated alkanes) is 1. The van der Waals surface area contributed by atoms with E-state index in [4.69, 9.17) is 0 Å². The topological polar surface area (TPSA) is 31.9 Å². The number of aromatic nitrogens is 2. The van der Waals surface area contributed by atoms with Crippen LogP contribution in [-0.4, -0.2) is 9.55 Å². The van der Waals surface area contributed by atoms with Gasteiger partial charge in [-0.05, 0) is 17.9 Å². The standard InChI is InChI=1S/C17H16N3.3C7H7.2Pr.Zr/c1-2-3-12-20-13-11-14-9-10-16(19-17(14)20)18-15-7-5-4-6-8-15;3*1-7-5-3-2-4-6-7;;;/h4-6,9-11,13H,2-3,12H2,1H3;3*2-6H,1H2;;;/q-3;3*-1;;;+4. The second-order valence-corrected chi connectivity index (χ2v) is 9.18. The summed E-state index contributed by atoms with van der Waals surface area (Å²) in [5.41, 5.74) is 4.90. The average molecular weight is 909 g/mol. The summed E-state index contributed by atoms with van der Waals surface area (Å²) < 4.78 is 2.19. The predicted molar refractivity (Wildman–Crippen MR) is 174 cm³/mol. The number of para-hydroxylation sites is 1. The number of benzene rings is 4. The summed E-state index contributed by atoms with van der Waals surface area (Å²) in [5, 5.41) is 5.61. The Bertz CT molecular complexity index is 1420. The molecule has 0 aliphatic carbocycles. The van der Waals surface area contributed by atoms with Crippen LogP contribution in [0.15, 0.2) is 134 Å². The average Bonchev–Trinajstić information content (AvgIpc) is 3.41. The van der Waals surface area contributed by atoms with Crippen molar-refractivity contribution in [2.24, 2.45) is 0 Å². The molecule has 0 atom stereocenters. The molecular weight excluding hydrogens is 871 g/mol. The number of rotatable bonds is 5. The van der Waals surface area contributed by atoms with Crippen molar-refractivity contribution in [2.45, 2.75) is 26.3 Å². The second kappa shape index (κ2) is 25.7. The first-order chi connectivity index (χ1) is 20.0. The Morgan fingerprint density at radius 1 is 0.659 bits per heavy atom. The van der Waals surface area contributed by atoms with Crippen LogP contribution >= 0.6 is 0 Å². The van der Waals surface area contributed by atoms with Crippen LogP contribution in [0.25, 0.3) is 16.4 Å². The molecule has 44 heavy (non-hydrogen) atoms. The first kappa shape index (κ1) is 42.6. The van der Waals surface area contributed by atoms with E-state index < -0.39 is 0 Å². The molecule has 0 spiro atoms. The van der Waals surface area contributed by atoms with Gasteiger partial charge in [-0.1, -0.05) is 49.5 Å². The first-order valence-electron chi connectivity index (χ1n) is 13.7. The van der Waals surface area contributed by atoms with E-state index in [0.29, 0.717) is 11.5 Å². The van der Waals surface area contributed by atoms with E-state index >= 15 is 0 Å². The van der Waals surface area contributed by atoms with E-state index in [9.17, 15) is 0 Å². The van der Waals surface area contributed by atoms with Gasteiger partial charge in [0, 0.05) is 101 Å². The van der Waals surface area contributed by atoms with Crippen molar-refractivity contribution < 1.29 is 109 Å². The molecular formula is C38H37N3Pr2Zr-2. The Kier molecular flexibility index (Phi) is 24.9. The molecule has 6 aromatic rings. The number of nitrogens with zero attached hydrogens (tertiary/aromatic N) is 3. The van der Waals surface area contributed by atoms with Gasteiger partial charge in [-0.2, -0.15) is 73.9 Å². The van der Waals surface area contributed by atoms with E-state index in [2.05, 4.69) is 73.0 Å². The minimum atomic E-state index is 0. The van der Waals surface area contributed by atoms with Crippen molar-refractivity contribution in [3.8, 4) is 0 Å². The van der Waals surface area contributed by atoms with Gasteiger partial charge in [-0.25, -0.2) is 0 Å². The van der Waals surface area contributed by atoms with Crippen molar-refractivity contribution in [3.05, 3.63) is 189 Å². The molecule has 0 saturated heterocycles. The summed E-state index contributed by atoms with van der Waals surface area (Å²) in [6.45, 7) is 14.4. The molecule has 2 aromatic heterocycles. The van der Waals surface area contributed by atoms with E-state index in [-0.39, 0.29) is 109 Å². The van der Waals surface area contributed by atoms with Gasteiger partial charge < -0.3 is 27.0 Å². The van der Waals surface area contributed by atoms with Crippen molar-refractivity contribution >= 4 is 22.5 Å². The first-order valence-corrected chi connectivity index (χ1v) is 13.7. The van der Waals surface area contributed by atoms with Crippen LogP contribution in [0.3, 0.4) is 0 Å². The number of aryl methyl sites for hydroxylation is 1. The summed E-state index contributed by atoms with van der Waals surface area (Å²) in [5.74, 6) is 0.702. The maximum atomic E-state index is 4.64. The second-order valence-electron chi connectivity index (χ2n) is 9.18. The molecule has 6 rings (SSSR count). The summed E-state index contributed by atoms with van der Waals surface area (Å²) in [4.78, 5) is 4.64. The van der Waals surface area contributed by atoms with Gasteiger partial charge in [0.05, 0.1) is 0 Å². The number of hydrogen-bond acceptors (Lipinski definition) is 1. The van der Waals surface area contributed by atoms with Crippen LogP contribution in [0, 0.1) is 115 Å². The third-order valence-electron chi connectivity index (χ3n) is 5.74. The molecule has 0 aliphatic rings. The molecule has 0 fully saturated rings. The van der Waals surface area contributed by atoms with Crippen LogP contribution in [0.1, 0.15) is 36.5 Å². The fourth-order valence-corrected chi connectivity index (χ4v) is 3.58. The minimum Gasteiger partial charge on any atom is -0.486 e. The summed E-state index contributed by atoms with van der Waals surface area (Å²) in [6.07, 6.45) is 4.43. The van der Waals surface area contributed by atoms with E-state index in [1.165, 1.54) is 6.42 Å². The molecule has 2 heterocycles. The molecule has 2 radical (unpaired) electrons. The summed E-state index contributed by atoms with van der Waals surface area (Å²) >= 11 is 0. The molecule has 4 aromatic carbocycles. The summed E-state index contributed by atoms with van der Waals surface area (Å²) in [6, 6.07) is 47.3. The molecule has 0 amide bonds. The van der Waals surface area contributed by atoms with Crippen LogP contribution in [0.2, 0.25) is 0 Å². The Hall–Kier alpha value is -1.41. The number of fused-ring (bicyclic) bond motifs is 1. The zero-order valence-electron chi connectivity index (χ0n) is 25.4. The fraction of sp³-hybridized carbons (Fsp3) is 0.105. The predicted octanol–water partition coefficient (Wildman–Crippen LogP) is 10.4. The number of hydrogen-bond donors (Lipinski definition) is 0. The fourth-order valence-electron chi connectivity index (χ4n) is 3.58. The smallest absolute Gasteiger partial charge is 0.486 e. The van der Waals surface area contributed by atoms with Crippen molar-refractivity contribution in [1.82, 2.24) is 9.55 Å². The Morgan fingerprint density at radius 3 is 1.55 bits per heavy atom. The molecule has 216 valence electrons. The van der Waals surface area contributed by atoms with Gasteiger partial charge in [-0.15, -0.1) is 36.4 Å². The van der Waals surface area contributed by atoms with Crippen LogP contribution in [0.4, 0.5) is 11.5 Å². The van der Waals surface area contributed by atoms with E-state index in [0.717, 1.165) is 40.7 Å². The Labute approximate surface area is 350 Å². The molecule has 0 N–H and O–H groups in total. The zero-order chi connectivity index (χ0) is 29.1. The van der Waals surface area contributed by atoms with Gasteiger partial charge in [0.15, 0.2) is 0 Å². The number of pyridine rings is 1. The van der Waals surface area contributed by atoms with Crippen LogP contribution in [0.5, 0.6) is 0 Å². The SMILES string of the molecule is CCCCn1ccc2ccc([N-]c3[c-]ccc[c-]3)nc21.[CH2-]c1ccccc1.[CH2-]c1ccccc1.[CH2-]c1ccccc1.[Pr].[Pr].[Zr+4]. The van der Waals surface area contributed by atoms with Gasteiger partial charge in [0.25, 0.3) is 0 Å². The summed E-state index contributed by atoms with van der Waals surface area (Å²) in [7, 11) is 0. The zero-order valence-corrected chi connectivity index (χ0v) is 35.3. The molecule has 6 heteroatoms. The van der Waals surface area contributed by atoms with E-state index in [1.54, 1.807) is 0 Å². The monoisotopic (exact) mass is 907 g/mol. The third-order valence-corrected chi connectivity index (χ3v) is 5.74. The van der Waals surface area contributed by atoms with Gasteiger partial charge in [0.2, 0.25) is 0 Å². The van der Waals surface area contributed by atoms with Gasteiger partial charge in [0.1, 0.15) is 0 Å². The maximum absolute atomic E-state index is 4.64. The van der Waals surface area contributed by atoms with E-state index in [1.807, 2.05) is 115 Å². The molecule has 3 nitrogen and oxygen atoms in total. The van der Waals surface area contributed by atoms with Crippen LogP contribution in [-0.2, 0) is 32.7 Å². The molecule has 0 unspecified atom stereocenters. The minimum absolute atomic E-state index is 0. The quantitative estimate of drug-likeness (QED) is 0.159. The van der Waals surface area contributed by atoms with Crippen molar-refractivity contribution in [3.63, 3.8) is 0 Å². The van der Waals surface area contributed by atoms with Crippen molar-refractivity contribution in [2.75, 3.05) is 0 Å².